The second-order valence-corrected chi connectivity index (χ2v) is 8.89. The Morgan fingerprint density at radius 1 is 1.09 bits per heavy atom. The molecule has 4 atom stereocenters. The highest BCUT2D eigenvalue weighted by atomic mass is 79.9. The van der Waals surface area contributed by atoms with Gasteiger partial charge in [-0.3, -0.25) is 5.41 Å². The van der Waals surface area contributed by atoms with E-state index in [2.05, 4.69) is 34.1 Å². The number of nitrogens with zero attached hydrogens (tertiary/aromatic N) is 3. The Kier molecular flexibility index (Phi) is 5.21. The van der Waals surface area contributed by atoms with Gasteiger partial charge in [0.15, 0.2) is 5.41 Å². The van der Waals surface area contributed by atoms with E-state index in [1.54, 1.807) is 25.1 Å². The van der Waals surface area contributed by atoms with Crippen LogP contribution in [-0.4, -0.2) is 18.8 Å². The van der Waals surface area contributed by atoms with Crippen LogP contribution in [0.4, 0.5) is 0 Å². The maximum Gasteiger partial charge on any atom is 0.215 e. The summed E-state index contributed by atoms with van der Waals surface area (Å²) < 4.78 is 18.1. The lowest BCUT2D eigenvalue weighted by atomic mass is 9.52. The molecule has 2 saturated heterocycles. The number of ether oxygens (including phenoxy) is 3. The van der Waals surface area contributed by atoms with E-state index in [-0.39, 0.29) is 0 Å². The molecule has 0 amide bonds. The molecule has 7 nitrogen and oxygen atoms in total. The van der Waals surface area contributed by atoms with Crippen molar-refractivity contribution in [3.63, 3.8) is 0 Å². The third kappa shape index (κ3) is 2.76. The van der Waals surface area contributed by atoms with E-state index >= 15 is 0 Å². The molecule has 4 unspecified atom stereocenters. The SMILES string of the molecule is COc1ccc(C2OC3(C)OC(=N)C(C#N)(C3Cc3ccccc3)C2(C#N)C#N)cc1Br. The van der Waals surface area contributed by atoms with Crippen molar-refractivity contribution < 1.29 is 14.2 Å². The fourth-order valence-electron chi connectivity index (χ4n) is 4.88. The summed E-state index contributed by atoms with van der Waals surface area (Å²) in [4.78, 5) is 0. The number of hydrogen-bond acceptors (Lipinski definition) is 7. The predicted molar refractivity (Wildman–Crippen MR) is 117 cm³/mol. The van der Waals surface area contributed by atoms with Crippen LogP contribution in [0.1, 0.15) is 24.2 Å². The lowest BCUT2D eigenvalue weighted by Gasteiger charge is -2.48. The molecule has 0 aromatic heterocycles. The van der Waals surface area contributed by atoms with Gasteiger partial charge in [0.1, 0.15) is 11.9 Å². The molecule has 2 aromatic carbocycles. The highest BCUT2D eigenvalue weighted by molar-refractivity contribution is 9.10. The predicted octanol–water partition coefficient (Wildman–Crippen LogP) is 4.66. The lowest BCUT2D eigenvalue weighted by molar-refractivity contribution is -0.272. The molecule has 2 aromatic rings. The third-order valence-electron chi connectivity index (χ3n) is 6.48. The number of nitrogens with one attached hydrogen (secondary N) is 1. The zero-order chi connectivity index (χ0) is 23.1. The van der Waals surface area contributed by atoms with Crippen LogP contribution in [0.2, 0.25) is 0 Å². The Morgan fingerprint density at radius 3 is 2.34 bits per heavy atom. The van der Waals surface area contributed by atoms with E-state index in [0.29, 0.717) is 22.2 Å². The minimum atomic E-state index is -2.01. The Bertz CT molecular complexity index is 1200. The van der Waals surface area contributed by atoms with E-state index in [9.17, 15) is 15.8 Å². The van der Waals surface area contributed by atoms with Crippen LogP contribution in [0.3, 0.4) is 0 Å². The van der Waals surface area contributed by atoms with Gasteiger partial charge in [-0.25, -0.2) is 0 Å². The standard InChI is InChI=1S/C24H19BrN4O3/c1-22-19(10-15-6-4-3-5-7-15)24(14-28,21(29)32-22)23(12-26,13-27)20(31-22)16-8-9-18(30-2)17(25)11-16/h3-9,11,19-20,29H,10H2,1-2H3. The molecule has 160 valence electrons. The first kappa shape index (κ1) is 21.8. The van der Waals surface area contributed by atoms with Gasteiger partial charge in [0, 0.05) is 6.92 Å². The van der Waals surface area contributed by atoms with E-state index in [4.69, 9.17) is 19.6 Å². The molecule has 0 spiro atoms. The average molecular weight is 491 g/mol. The summed E-state index contributed by atoms with van der Waals surface area (Å²) in [6.45, 7) is 1.67. The van der Waals surface area contributed by atoms with Crippen LogP contribution in [0, 0.1) is 56.2 Å². The Hall–Kier alpha value is -3.38. The van der Waals surface area contributed by atoms with E-state index in [0.717, 1.165) is 5.56 Å². The molecule has 2 heterocycles. The number of fused-ring (bicyclic) bond motifs is 2. The van der Waals surface area contributed by atoms with Crippen molar-refractivity contribution >= 4 is 21.8 Å². The molecule has 2 aliphatic heterocycles. The molecular formula is C24H19BrN4O3. The van der Waals surface area contributed by atoms with Crippen LogP contribution < -0.4 is 4.74 Å². The van der Waals surface area contributed by atoms with Gasteiger partial charge in [-0.15, -0.1) is 0 Å². The first-order valence-corrected chi connectivity index (χ1v) is 10.7. The monoisotopic (exact) mass is 490 g/mol. The molecule has 0 aliphatic carbocycles. The fourth-order valence-corrected chi connectivity index (χ4v) is 5.44. The van der Waals surface area contributed by atoms with Crippen molar-refractivity contribution in [2.75, 3.05) is 7.11 Å². The number of hydrogen-bond donors (Lipinski definition) is 1. The maximum absolute atomic E-state index is 10.4. The van der Waals surface area contributed by atoms with Crippen molar-refractivity contribution in [3.05, 3.63) is 64.1 Å². The molecule has 2 bridgehead atoms. The summed E-state index contributed by atoms with van der Waals surface area (Å²) >= 11 is 3.43. The van der Waals surface area contributed by atoms with Crippen LogP contribution in [0.15, 0.2) is 53.0 Å². The third-order valence-corrected chi connectivity index (χ3v) is 7.10. The van der Waals surface area contributed by atoms with E-state index < -0.39 is 34.5 Å². The van der Waals surface area contributed by atoms with E-state index in [1.165, 1.54) is 7.11 Å². The topological polar surface area (TPSA) is 123 Å². The fraction of sp³-hybridized carbons (Fsp3) is 0.333. The number of nitriles is 3. The first-order valence-electron chi connectivity index (χ1n) is 9.89. The minimum absolute atomic E-state index is 0.303. The van der Waals surface area contributed by atoms with Gasteiger partial charge in [0.2, 0.25) is 17.1 Å². The highest BCUT2D eigenvalue weighted by Gasteiger charge is 2.79. The molecule has 0 radical (unpaired) electrons. The van der Waals surface area contributed by atoms with Crippen LogP contribution in [0.25, 0.3) is 0 Å². The molecule has 8 heteroatoms. The molecule has 0 saturated carbocycles. The average Bonchev–Trinajstić information content (AvgIpc) is 2.96. The zero-order valence-electron chi connectivity index (χ0n) is 17.4. The van der Waals surface area contributed by atoms with Crippen molar-refractivity contribution in [2.45, 2.75) is 25.2 Å². The Balaban J connectivity index is 1.93. The minimum Gasteiger partial charge on any atom is -0.496 e. The van der Waals surface area contributed by atoms with Crippen LogP contribution in [-0.2, 0) is 15.9 Å². The number of halogens is 1. The summed E-state index contributed by atoms with van der Waals surface area (Å²) in [7, 11) is 1.53. The molecule has 2 fully saturated rings. The number of rotatable bonds is 4. The quantitative estimate of drug-likeness (QED) is 0.664. The highest BCUT2D eigenvalue weighted by Crippen LogP contribution is 2.67. The van der Waals surface area contributed by atoms with Gasteiger partial charge in [-0.1, -0.05) is 36.4 Å². The smallest absolute Gasteiger partial charge is 0.215 e. The van der Waals surface area contributed by atoms with Gasteiger partial charge in [-0.2, -0.15) is 15.8 Å². The largest absolute Gasteiger partial charge is 0.496 e. The Morgan fingerprint density at radius 2 is 1.78 bits per heavy atom. The summed E-state index contributed by atoms with van der Waals surface area (Å²) in [6.07, 6.45) is -0.823. The van der Waals surface area contributed by atoms with Gasteiger partial charge < -0.3 is 14.2 Å². The van der Waals surface area contributed by atoms with Gasteiger partial charge in [0.05, 0.1) is 35.7 Å². The van der Waals surface area contributed by atoms with Crippen LogP contribution >= 0.6 is 15.9 Å². The summed E-state index contributed by atoms with van der Waals surface area (Å²) in [5, 5.41) is 39.8. The number of methoxy groups -OCH3 is 1. The molecule has 2 aliphatic rings. The Labute approximate surface area is 194 Å². The molecule has 32 heavy (non-hydrogen) atoms. The first-order chi connectivity index (χ1) is 15.3. The zero-order valence-corrected chi connectivity index (χ0v) is 19.0. The summed E-state index contributed by atoms with van der Waals surface area (Å²) in [6, 6.07) is 20.8. The van der Waals surface area contributed by atoms with Crippen molar-refractivity contribution in [3.8, 4) is 24.0 Å². The summed E-state index contributed by atoms with van der Waals surface area (Å²) in [5.74, 6) is -1.97. The van der Waals surface area contributed by atoms with Crippen molar-refractivity contribution in [1.29, 1.82) is 21.2 Å². The second kappa shape index (κ2) is 7.64. The van der Waals surface area contributed by atoms with Gasteiger partial charge >= 0.3 is 0 Å². The molecule has 4 rings (SSSR count). The molecule has 1 N–H and O–H groups in total. The van der Waals surface area contributed by atoms with E-state index in [1.807, 2.05) is 30.3 Å². The van der Waals surface area contributed by atoms with Gasteiger partial charge in [-0.05, 0) is 45.6 Å². The normalized spacial score (nSPS) is 29.8. The maximum atomic E-state index is 10.4. The second-order valence-electron chi connectivity index (χ2n) is 8.03. The number of benzene rings is 2. The lowest BCUT2D eigenvalue weighted by Crippen LogP contribution is -2.59. The molecular weight excluding hydrogens is 472 g/mol. The van der Waals surface area contributed by atoms with Crippen molar-refractivity contribution in [1.82, 2.24) is 0 Å². The van der Waals surface area contributed by atoms with Crippen LogP contribution in [0.5, 0.6) is 5.75 Å². The van der Waals surface area contributed by atoms with Crippen molar-refractivity contribution in [2.24, 2.45) is 16.7 Å². The summed E-state index contributed by atoms with van der Waals surface area (Å²) in [5.41, 5.74) is -2.44. The van der Waals surface area contributed by atoms with Gasteiger partial charge in [0.25, 0.3) is 0 Å².